The molecule has 1 N–H and O–H groups in total. The fourth-order valence-electron chi connectivity index (χ4n) is 3.14. The average molecular weight is 213 g/mol. The van der Waals surface area contributed by atoms with Gasteiger partial charge in [-0.2, -0.15) is 0 Å². The Hall–Kier alpha value is -0.160. The highest BCUT2D eigenvalue weighted by Crippen LogP contribution is 2.30. The number of hydrazine groups is 1. The minimum absolute atomic E-state index is 0.199. The Morgan fingerprint density at radius 2 is 1.80 bits per heavy atom. The summed E-state index contributed by atoms with van der Waals surface area (Å²) in [5.74, 6) is 0. The van der Waals surface area contributed by atoms with Crippen molar-refractivity contribution in [1.29, 1.82) is 0 Å². The van der Waals surface area contributed by atoms with Gasteiger partial charge in [0, 0.05) is 45.8 Å². The lowest BCUT2D eigenvalue weighted by molar-refractivity contribution is -0.0767. The Kier molecular flexibility index (Phi) is 3.30. The largest absolute Gasteiger partial charge is 0.392 e. The molecule has 0 aromatic rings. The van der Waals surface area contributed by atoms with Crippen LogP contribution < -0.4 is 0 Å². The molecule has 2 aliphatic heterocycles. The molecule has 4 heteroatoms. The van der Waals surface area contributed by atoms with Crippen LogP contribution in [0.2, 0.25) is 0 Å². The van der Waals surface area contributed by atoms with E-state index >= 15 is 0 Å². The number of rotatable bonds is 3. The lowest BCUT2D eigenvalue weighted by atomic mass is 10.2. The molecule has 0 aliphatic carbocycles. The van der Waals surface area contributed by atoms with Gasteiger partial charge in [0.2, 0.25) is 0 Å². The average Bonchev–Trinajstić information content (AvgIpc) is 2.38. The molecule has 4 nitrogen and oxygen atoms in total. The maximum atomic E-state index is 9.41. The van der Waals surface area contributed by atoms with Crippen molar-refractivity contribution in [1.82, 2.24) is 14.9 Å². The molecule has 15 heavy (non-hydrogen) atoms. The van der Waals surface area contributed by atoms with Crippen LogP contribution in [-0.4, -0.2) is 71.9 Å². The van der Waals surface area contributed by atoms with E-state index in [4.69, 9.17) is 0 Å². The quantitative estimate of drug-likeness (QED) is 0.714. The second-order valence-corrected chi connectivity index (χ2v) is 5.18. The summed E-state index contributed by atoms with van der Waals surface area (Å²) in [4.78, 5) is 2.41. The topological polar surface area (TPSA) is 30.0 Å². The summed E-state index contributed by atoms with van der Waals surface area (Å²) in [5.41, 5.74) is 0. The molecule has 2 fully saturated rings. The summed E-state index contributed by atoms with van der Waals surface area (Å²) < 4.78 is 0. The molecule has 88 valence electrons. The Labute approximate surface area is 92.4 Å². The molecule has 0 amide bonds. The van der Waals surface area contributed by atoms with Gasteiger partial charge in [-0.05, 0) is 19.8 Å². The van der Waals surface area contributed by atoms with Crippen LogP contribution in [0, 0.1) is 0 Å². The van der Waals surface area contributed by atoms with E-state index in [1.54, 1.807) is 0 Å². The van der Waals surface area contributed by atoms with Gasteiger partial charge < -0.3 is 5.11 Å². The van der Waals surface area contributed by atoms with Crippen LogP contribution in [0.3, 0.4) is 0 Å². The molecule has 0 aromatic heterocycles. The first-order valence-electron chi connectivity index (χ1n) is 5.94. The van der Waals surface area contributed by atoms with Crippen molar-refractivity contribution in [3.8, 4) is 0 Å². The molecule has 2 bridgehead atoms. The molecule has 0 aromatic carbocycles. The number of β-amino-alcohol motifs (C(OH)–C–C–N with tert-alkyl or cyclic N) is 1. The molecule has 0 spiro atoms. The minimum atomic E-state index is -0.199. The lowest BCUT2D eigenvalue weighted by Gasteiger charge is -2.44. The summed E-state index contributed by atoms with van der Waals surface area (Å²) in [6, 6.07) is 1.33. The third-order valence-electron chi connectivity index (χ3n) is 3.50. The van der Waals surface area contributed by atoms with Gasteiger partial charge in [-0.25, -0.2) is 10.0 Å². The summed E-state index contributed by atoms with van der Waals surface area (Å²) in [5, 5.41) is 14.2. The zero-order chi connectivity index (χ0) is 11.0. The lowest BCUT2D eigenvalue weighted by Crippen LogP contribution is -2.58. The van der Waals surface area contributed by atoms with E-state index in [1.165, 1.54) is 12.8 Å². The number of aliphatic hydroxyl groups is 1. The normalized spacial score (nSPS) is 35.0. The predicted octanol–water partition coefficient (Wildman–Crippen LogP) is -0.00760. The molecular weight excluding hydrogens is 190 g/mol. The van der Waals surface area contributed by atoms with Gasteiger partial charge in [0.05, 0.1) is 6.10 Å². The van der Waals surface area contributed by atoms with Crippen LogP contribution in [0.25, 0.3) is 0 Å². The molecule has 0 saturated carbocycles. The zero-order valence-electron chi connectivity index (χ0n) is 10.1. The van der Waals surface area contributed by atoms with Crippen LogP contribution in [0.5, 0.6) is 0 Å². The third kappa shape index (κ3) is 2.33. The molecule has 2 saturated heterocycles. The number of piperazine rings is 1. The molecule has 2 rings (SSSR count). The van der Waals surface area contributed by atoms with E-state index in [1.807, 2.05) is 6.92 Å². The first kappa shape index (κ1) is 11.3. The molecule has 2 aliphatic rings. The Bertz CT molecular complexity index is 206. The van der Waals surface area contributed by atoms with Crippen molar-refractivity contribution in [2.75, 3.05) is 33.7 Å². The number of aliphatic hydroxyl groups excluding tert-OH is 1. The van der Waals surface area contributed by atoms with Crippen molar-refractivity contribution in [2.24, 2.45) is 0 Å². The van der Waals surface area contributed by atoms with Crippen molar-refractivity contribution in [3.63, 3.8) is 0 Å². The molecule has 3 atom stereocenters. The van der Waals surface area contributed by atoms with Crippen molar-refractivity contribution in [2.45, 2.75) is 38.0 Å². The predicted molar refractivity (Wildman–Crippen MR) is 60.5 cm³/mol. The smallest absolute Gasteiger partial charge is 0.0639 e. The highest BCUT2D eigenvalue weighted by molar-refractivity contribution is 4.94. The van der Waals surface area contributed by atoms with Crippen LogP contribution in [0.4, 0.5) is 0 Å². The van der Waals surface area contributed by atoms with Crippen molar-refractivity contribution in [3.05, 3.63) is 0 Å². The molecular formula is C11H23N3O. The van der Waals surface area contributed by atoms with Gasteiger partial charge in [-0.3, -0.25) is 4.90 Å². The summed E-state index contributed by atoms with van der Waals surface area (Å²) in [6.45, 7) is 4.92. The standard InChI is InChI=1S/C11H23N3O/c1-9(15)6-13-7-10-4-5-11(8-13)14(10)12(2)3/h9-11,15H,4-8H2,1-3H3. The fraction of sp³-hybridized carbons (Fsp3) is 1.00. The SMILES string of the molecule is CC(O)CN1CC2CCC(C1)N2N(C)C. The second kappa shape index (κ2) is 4.37. The van der Waals surface area contributed by atoms with E-state index in [0.717, 1.165) is 19.6 Å². The maximum absolute atomic E-state index is 9.41. The van der Waals surface area contributed by atoms with Gasteiger partial charge in [0.15, 0.2) is 0 Å². The van der Waals surface area contributed by atoms with E-state index < -0.39 is 0 Å². The first-order chi connectivity index (χ1) is 7.08. The highest BCUT2D eigenvalue weighted by atomic mass is 16.3. The second-order valence-electron chi connectivity index (χ2n) is 5.18. The zero-order valence-corrected chi connectivity index (χ0v) is 10.1. The van der Waals surface area contributed by atoms with E-state index in [0.29, 0.717) is 12.1 Å². The van der Waals surface area contributed by atoms with Crippen LogP contribution in [-0.2, 0) is 0 Å². The van der Waals surface area contributed by atoms with E-state index in [2.05, 4.69) is 29.0 Å². The maximum Gasteiger partial charge on any atom is 0.0639 e. The number of nitrogens with zero attached hydrogens (tertiary/aromatic N) is 3. The van der Waals surface area contributed by atoms with Crippen LogP contribution >= 0.6 is 0 Å². The summed E-state index contributed by atoms with van der Waals surface area (Å²) >= 11 is 0. The summed E-state index contributed by atoms with van der Waals surface area (Å²) in [6.07, 6.45) is 2.41. The minimum Gasteiger partial charge on any atom is -0.392 e. The van der Waals surface area contributed by atoms with Crippen LogP contribution in [0.15, 0.2) is 0 Å². The van der Waals surface area contributed by atoms with Crippen molar-refractivity contribution >= 4 is 0 Å². The van der Waals surface area contributed by atoms with Crippen LogP contribution in [0.1, 0.15) is 19.8 Å². The number of fused-ring (bicyclic) bond motifs is 2. The highest BCUT2D eigenvalue weighted by Gasteiger charge is 2.40. The van der Waals surface area contributed by atoms with Gasteiger partial charge in [-0.1, -0.05) is 0 Å². The number of hydrogen-bond acceptors (Lipinski definition) is 4. The van der Waals surface area contributed by atoms with Gasteiger partial charge >= 0.3 is 0 Å². The number of hydrogen-bond donors (Lipinski definition) is 1. The third-order valence-corrected chi connectivity index (χ3v) is 3.50. The van der Waals surface area contributed by atoms with Gasteiger partial charge in [-0.15, -0.1) is 0 Å². The van der Waals surface area contributed by atoms with Gasteiger partial charge in [0.1, 0.15) is 0 Å². The summed E-state index contributed by atoms with van der Waals surface area (Å²) in [7, 11) is 4.27. The van der Waals surface area contributed by atoms with E-state index in [9.17, 15) is 5.11 Å². The fourth-order valence-corrected chi connectivity index (χ4v) is 3.14. The van der Waals surface area contributed by atoms with Crippen molar-refractivity contribution < 1.29 is 5.11 Å². The van der Waals surface area contributed by atoms with E-state index in [-0.39, 0.29) is 6.10 Å². The van der Waals surface area contributed by atoms with Gasteiger partial charge in [0.25, 0.3) is 0 Å². The first-order valence-corrected chi connectivity index (χ1v) is 5.94. The monoisotopic (exact) mass is 213 g/mol. The Morgan fingerprint density at radius 3 is 2.20 bits per heavy atom. The Morgan fingerprint density at radius 1 is 1.27 bits per heavy atom. The molecule has 2 heterocycles. The Balaban J connectivity index is 1.96. The number of likely N-dealkylation sites (tertiary alicyclic amines) is 1. The molecule has 3 unspecified atom stereocenters. The molecule has 0 radical (unpaired) electrons.